The Morgan fingerprint density at radius 1 is 1.08 bits per heavy atom. The first-order valence-corrected chi connectivity index (χ1v) is 9.41. The minimum absolute atomic E-state index is 0.00859. The summed E-state index contributed by atoms with van der Waals surface area (Å²) in [6.07, 6.45) is 9.81. The molecule has 3 fully saturated rings. The zero-order valence-corrected chi connectivity index (χ0v) is 14.6. The standard InChI is InChI=1S/C18H29N3O3/c1-21(16(23)14-9-10-15(22)20-14)18(11-5-2-6-12-18)17(24)19-13-7-3-4-8-13/h13-14H,2-12H2,1H3,(H,19,24)(H,20,22). The lowest BCUT2D eigenvalue weighted by Gasteiger charge is -2.44. The van der Waals surface area contributed by atoms with Gasteiger partial charge in [-0.1, -0.05) is 32.1 Å². The van der Waals surface area contributed by atoms with Gasteiger partial charge < -0.3 is 15.5 Å². The number of nitrogens with zero attached hydrogens (tertiary/aromatic N) is 1. The van der Waals surface area contributed by atoms with Crippen molar-refractivity contribution in [1.29, 1.82) is 0 Å². The third-order valence-electron chi connectivity index (χ3n) is 6.06. The smallest absolute Gasteiger partial charge is 0.246 e. The van der Waals surface area contributed by atoms with Crippen LogP contribution in [0.5, 0.6) is 0 Å². The summed E-state index contributed by atoms with van der Waals surface area (Å²) < 4.78 is 0. The number of amides is 3. The number of nitrogens with one attached hydrogen (secondary N) is 2. The number of carbonyl (C=O) groups excluding carboxylic acids is 3. The molecule has 3 rings (SSSR count). The van der Waals surface area contributed by atoms with E-state index in [-0.39, 0.29) is 23.8 Å². The predicted molar refractivity (Wildman–Crippen MR) is 90.1 cm³/mol. The van der Waals surface area contributed by atoms with Gasteiger partial charge >= 0.3 is 0 Å². The van der Waals surface area contributed by atoms with E-state index in [1.807, 2.05) is 0 Å². The van der Waals surface area contributed by atoms with E-state index in [1.165, 1.54) is 12.8 Å². The lowest BCUT2D eigenvalue weighted by atomic mass is 9.79. The highest BCUT2D eigenvalue weighted by atomic mass is 16.2. The van der Waals surface area contributed by atoms with Crippen molar-refractivity contribution in [2.24, 2.45) is 0 Å². The van der Waals surface area contributed by atoms with Gasteiger partial charge in [0.15, 0.2) is 0 Å². The molecule has 1 aliphatic heterocycles. The number of likely N-dealkylation sites (N-methyl/N-ethyl adjacent to an activating group) is 1. The Morgan fingerprint density at radius 3 is 2.33 bits per heavy atom. The van der Waals surface area contributed by atoms with E-state index in [0.29, 0.717) is 25.7 Å². The van der Waals surface area contributed by atoms with Gasteiger partial charge in [-0.15, -0.1) is 0 Å². The van der Waals surface area contributed by atoms with Crippen LogP contribution in [0, 0.1) is 0 Å². The second-order valence-electron chi connectivity index (χ2n) is 7.60. The van der Waals surface area contributed by atoms with Crippen LogP contribution in [0.3, 0.4) is 0 Å². The van der Waals surface area contributed by atoms with Crippen LogP contribution in [-0.2, 0) is 14.4 Å². The molecule has 1 atom stereocenters. The minimum Gasteiger partial charge on any atom is -0.351 e. The molecule has 2 N–H and O–H groups in total. The van der Waals surface area contributed by atoms with Crippen molar-refractivity contribution >= 4 is 17.7 Å². The fourth-order valence-corrected chi connectivity index (χ4v) is 4.49. The molecule has 0 spiro atoms. The third kappa shape index (κ3) is 3.28. The van der Waals surface area contributed by atoms with Crippen LogP contribution in [0.4, 0.5) is 0 Å². The zero-order valence-electron chi connectivity index (χ0n) is 14.6. The number of hydrogen-bond acceptors (Lipinski definition) is 3. The van der Waals surface area contributed by atoms with Gasteiger partial charge in [-0.2, -0.15) is 0 Å². The second-order valence-corrected chi connectivity index (χ2v) is 7.60. The molecule has 0 aromatic heterocycles. The van der Waals surface area contributed by atoms with Crippen molar-refractivity contribution in [3.05, 3.63) is 0 Å². The van der Waals surface area contributed by atoms with Gasteiger partial charge in [-0.3, -0.25) is 14.4 Å². The molecule has 2 saturated carbocycles. The lowest BCUT2D eigenvalue weighted by molar-refractivity contribution is -0.150. The monoisotopic (exact) mass is 335 g/mol. The van der Waals surface area contributed by atoms with Crippen LogP contribution in [0.25, 0.3) is 0 Å². The molecule has 0 radical (unpaired) electrons. The van der Waals surface area contributed by atoms with Crippen molar-refractivity contribution in [2.45, 2.75) is 88.3 Å². The van der Waals surface area contributed by atoms with Gasteiger partial charge in [0.1, 0.15) is 11.6 Å². The summed E-state index contributed by atoms with van der Waals surface area (Å²) >= 11 is 0. The highest BCUT2D eigenvalue weighted by molar-refractivity contribution is 5.96. The highest BCUT2D eigenvalue weighted by Gasteiger charge is 2.47. The summed E-state index contributed by atoms with van der Waals surface area (Å²) in [7, 11) is 1.74. The van der Waals surface area contributed by atoms with E-state index in [2.05, 4.69) is 10.6 Å². The molecule has 3 amide bonds. The summed E-state index contributed by atoms with van der Waals surface area (Å²) in [5.41, 5.74) is -0.745. The van der Waals surface area contributed by atoms with Crippen molar-refractivity contribution in [2.75, 3.05) is 7.05 Å². The fraction of sp³-hybridized carbons (Fsp3) is 0.833. The van der Waals surface area contributed by atoms with Crippen molar-refractivity contribution in [1.82, 2.24) is 15.5 Å². The van der Waals surface area contributed by atoms with Crippen molar-refractivity contribution in [3.8, 4) is 0 Å². The summed E-state index contributed by atoms with van der Waals surface area (Å²) in [5, 5.41) is 5.95. The van der Waals surface area contributed by atoms with E-state index in [1.54, 1.807) is 11.9 Å². The van der Waals surface area contributed by atoms with Crippen LogP contribution in [0.2, 0.25) is 0 Å². The molecular formula is C18H29N3O3. The maximum atomic E-state index is 13.1. The second kappa shape index (κ2) is 7.11. The molecule has 0 bridgehead atoms. The Balaban J connectivity index is 1.75. The molecule has 1 heterocycles. The number of rotatable bonds is 4. The molecule has 0 aromatic rings. The van der Waals surface area contributed by atoms with Crippen LogP contribution in [0.1, 0.15) is 70.6 Å². The first kappa shape index (κ1) is 17.2. The van der Waals surface area contributed by atoms with E-state index in [9.17, 15) is 14.4 Å². The summed E-state index contributed by atoms with van der Waals surface area (Å²) in [4.78, 5) is 39.1. The predicted octanol–water partition coefficient (Wildman–Crippen LogP) is 1.49. The Kier molecular flexibility index (Phi) is 5.11. The van der Waals surface area contributed by atoms with E-state index >= 15 is 0 Å². The molecule has 1 saturated heterocycles. The average molecular weight is 335 g/mol. The molecular weight excluding hydrogens is 306 g/mol. The maximum Gasteiger partial charge on any atom is 0.246 e. The van der Waals surface area contributed by atoms with Crippen molar-refractivity contribution in [3.63, 3.8) is 0 Å². The normalized spacial score (nSPS) is 26.9. The molecule has 3 aliphatic rings. The van der Waals surface area contributed by atoms with E-state index < -0.39 is 11.6 Å². The molecule has 1 unspecified atom stereocenters. The first-order chi connectivity index (χ1) is 11.5. The van der Waals surface area contributed by atoms with Gasteiger partial charge in [0.25, 0.3) is 0 Å². The van der Waals surface area contributed by atoms with Crippen molar-refractivity contribution < 1.29 is 14.4 Å². The SMILES string of the molecule is CN(C(=O)C1CCC(=O)N1)C1(C(=O)NC2CCCC2)CCCCC1. The largest absolute Gasteiger partial charge is 0.351 e. The molecule has 6 heteroatoms. The molecule has 24 heavy (non-hydrogen) atoms. The zero-order chi connectivity index (χ0) is 17.2. The van der Waals surface area contributed by atoms with Crippen LogP contribution in [0.15, 0.2) is 0 Å². The first-order valence-electron chi connectivity index (χ1n) is 9.41. The average Bonchev–Trinajstić information content (AvgIpc) is 3.25. The fourth-order valence-electron chi connectivity index (χ4n) is 4.49. The summed E-state index contributed by atoms with van der Waals surface area (Å²) in [5.74, 6) is -0.187. The molecule has 2 aliphatic carbocycles. The quantitative estimate of drug-likeness (QED) is 0.817. The lowest BCUT2D eigenvalue weighted by Crippen LogP contribution is -2.63. The Morgan fingerprint density at radius 2 is 1.75 bits per heavy atom. The Labute approximate surface area is 143 Å². The van der Waals surface area contributed by atoms with E-state index in [0.717, 1.165) is 32.1 Å². The highest BCUT2D eigenvalue weighted by Crippen LogP contribution is 2.35. The molecule has 0 aromatic carbocycles. The number of carbonyl (C=O) groups is 3. The van der Waals surface area contributed by atoms with Gasteiger partial charge in [-0.25, -0.2) is 0 Å². The van der Waals surface area contributed by atoms with Gasteiger partial charge in [0, 0.05) is 19.5 Å². The summed E-state index contributed by atoms with van der Waals surface area (Å²) in [6.45, 7) is 0. The molecule has 134 valence electrons. The summed E-state index contributed by atoms with van der Waals surface area (Å²) in [6, 6.07) is -0.216. The Hall–Kier alpha value is -1.59. The third-order valence-corrected chi connectivity index (χ3v) is 6.06. The Bertz CT molecular complexity index is 508. The van der Waals surface area contributed by atoms with Gasteiger partial charge in [-0.05, 0) is 32.1 Å². The topological polar surface area (TPSA) is 78.5 Å². The number of hydrogen-bond donors (Lipinski definition) is 2. The minimum atomic E-state index is -0.745. The van der Waals surface area contributed by atoms with Crippen LogP contribution < -0.4 is 10.6 Å². The van der Waals surface area contributed by atoms with Gasteiger partial charge in [0.2, 0.25) is 17.7 Å². The van der Waals surface area contributed by atoms with Gasteiger partial charge in [0.05, 0.1) is 0 Å². The molecule has 6 nitrogen and oxygen atoms in total. The van der Waals surface area contributed by atoms with Crippen LogP contribution >= 0.6 is 0 Å². The van der Waals surface area contributed by atoms with Crippen LogP contribution in [-0.4, -0.2) is 47.3 Å². The maximum absolute atomic E-state index is 13.1. The van der Waals surface area contributed by atoms with E-state index in [4.69, 9.17) is 0 Å².